The third-order valence-corrected chi connectivity index (χ3v) is 5.74. The maximum Gasteiger partial charge on any atom is 0.323 e. The third kappa shape index (κ3) is 3.05. The minimum absolute atomic E-state index is 0.0289. The Morgan fingerprint density at radius 3 is 2.00 bits per heavy atom. The van der Waals surface area contributed by atoms with Crippen LogP contribution in [0.2, 0.25) is 0 Å². The van der Waals surface area contributed by atoms with Gasteiger partial charge in [-0.15, -0.1) is 11.6 Å². The van der Waals surface area contributed by atoms with Crippen molar-refractivity contribution in [3.8, 4) is 0 Å². The van der Waals surface area contributed by atoms with Gasteiger partial charge in [0.15, 0.2) is 0 Å². The molecule has 0 aliphatic heterocycles. The molecular weight excluding hydrogens is 304 g/mol. The van der Waals surface area contributed by atoms with Crippen LogP contribution >= 0.6 is 11.6 Å². The van der Waals surface area contributed by atoms with Crippen LogP contribution in [0.3, 0.4) is 0 Å². The molecule has 124 valence electrons. The Labute approximate surface area is 136 Å². The fourth-order valence-electron chi connectivity index (χ4n) is 5.20. The number of esters is 1. The highest BCUT2D eigenvalue weighted by Gasteiger charge is 2.56. The molecule has 0 spiro atoms. The minimum Gasteiger partial charge on any atom is -0.427 e. The Kier molecular flexibility index (Phi) is 4.52. The molecule has 0 N–H and O–H groups in total. The van der Waals surface area contributed by atoms with Crippen LogP contribution < -0.4 is 0 Å². The van der Waals surface area contributed by atoms with Gasteiger partial charge in [-0.25, -0.2) is 0 Å². The molecule has 0 aromatic rings. The smallest absolute Gasteiger partial charge is 0.323 e. The summed E-state index contributed by atoms with van der Waals surface area (Å²) >= 11 is 5.51. The van der Waals surface area contributed by atoms with Crippen LogP contribution in [0, 0.1) is 23.2 Å². The van der Waals surface area contributed by atoms with E-state index in [-0.39, 0.29) is 23.2 Å². The first kappa shape index (κ1) is 16.3. The Hall–Kier alpha value is -0.610. The van der Waals surface area contributed by atoms with Crippen LogP contribution in [0.4, 0.5) is 0 Å². The average molecular weight is 329 g/mol. The summed E-state index contributed by atoms with van der Waals surface area (Å²) in [5, 5.41) is 0. The summed E-state index contributed by atoms with van der Waals surface area (Å²) in [6.07, 6.45) is 5.35. The van der Waals surface area contributed by atoms with Gasteiger partial charge in [0.1, 0.15) is 5.88 Å². The number of ketones is 1. The van der Waals surface area contributed by atoms with Crippen molar-refractivity contribution in [3.05, 3.63) is 0 Å². The molecule has 4 aliphatic rings. The van der Waals surface area contributed by atoms with Crippen molar-refractivity contribution in [3.63, 3.8) is 0 Å². The number of hydrogen-bond acceptors (Lipinski definition) is 4. The minimum atomic E-state index is -1.09. The van der Waals surface area contributed by atoms with Gasteiger partial charge in [-0.2, -0.15) is 0 Å². The van der Waals surface area contributed by atoms with E-state index in [0.717, 1.165) is 19.3 Å². The van der Waals surface area contributed by atoms with Gasteiger partial charge in [0, 0.05) is 5.41 Å². The fraction of sp³-hybridized carbons (Fsp3) is 0.882. The topological polar surface area (TPSA) is 52.6 Å². The summed E-state index contributed by atoms with van der Waals surface area (Å²) in [6, 6.07) is 0. The van der Waals surface area contributed by atoms with E-state index in [1.165, 1.54) is 19.3 Å². The molecule has 4 bridgehead atoms. The van der Waals surface area contributed by atoms with E-state index in [9.17, 15) is 9.59 Å². The van der Waals surface area contributed by atoms with Crippen molar-refractivity contribution < 1.29 is 19.1 Å². The summed E-state index contributed by atoms with van der Waals surface area (Å²) in [5.74, 6) is 1.12. The number of carbonyl (C=O) groups is 2. The summed E-state index contributed by atoms with van der Waals surface area (Å²) < 4.78 is 10.8. The predicted molar refractivity (Wildman–Crippen MR) is 82.4 cm³/mol. The fourth-order valence-corrected chi connectivity index (χ4v) is 5.27. The van der Waals surface area contributed by atoms with Gasteiger partial charge in [0.05, 0.1) is 6.10 Å². The SMILES string of the molecule is CC(C)OC(OC(=O)CCl)C(=O)C12CC3CC(CC(C3)C1)C2. The van der Waals surface area contributed by atoms with Gasteiger partial charge in [0.25, 0.3) is 6.29 Å². The largest absolute Gasteiger partial charge is 0.427 e. The van der Waals surface area contributed by atoms with Crippen LogP contribution in [0.5, 0.6) is 0 Å². The molecule has 4 fully saturated rings. The number of halogens is 1. The molecule has 4 aliphatic carbocycles. The highest BCUT2D eigenvalue weighted by Crippen LogP contribution is 2.60. The van der Waals surface area contributed by atoms with Crippen LogP contribution in [0.15, 0.2) is 0 Å². The van der Waals surface area contributed by atoms with E-state index in [4.69, 9.17) is 21.1 Å². The first-order chi connectivity index (χ1) is 10.4. The molecule has 4 saturated carbocycles. The molecular formula is C17H25ClO4. The van der Waals surface area contributed by atoms with Gasteiger partial charge < -0.3 is 9.47 Å². The van der Waals surface area contributed by atoms with E-state index in [2.05, 4.69) is 0 Å². The maximum absolute atomic E-state index is 13.1. The van der Waals surface area contributed by atoms with Crippen molar-refractivity contribution in [2.24, 2.45) is 23.2 Å². The second kappa shape index (κ2) is 6.12. The molecule has 1 atom stereocenters. The van der Waals surface area contributed by atoms with E-state index in [1.54, 1.807) is 0 Å². The van der Waals surface area contributed by atoms with E-state index in [1.807, 2.05) is 13.8 Å². The standard InChI is InChI=1S/C17H25ClO4/c1-10(2)21-16(22-14(19)9-18)15(20)17-6-11-3-12(7-17)5-13(4-11)8-17/h10-13,16H,3-9H2,1-2H3. The molecule has 4 rings (SSSR count). The number of alkyl halides is 1. The summed E-state index contributed by atoms with van der Waals surface area (Å²) in [5.41, 5.74) is -0.332. The Balaban J connectivity index is 1.78. The molecule has 0 amide bonds. The highest BCUT2D eigenvalue weighted by atomic mass is 35.5. The van der Waals surface area contributed by atoms with Crippen LogP contribution in [0.25, 0.3) is 0 Å². The molecule has 0 aromatic heterocycles. The summed E-state index contributed by atoms with van der Waals surface area (Å²) in [6.45, 7) is 3.68. The number of Topliss-reactive ketones (excluding diaryl/α,β-unsaturated/α-hetero) is 1. The molecule has 5 heteroatoms. The molecule has 0 heterocycles. The number of rotatable bonds is 6. The van der Waals surface area contributed by atoms with Crippen molar-refractivity contribution in [2.45, 2.75) is 64.8 Å². The van der Waals surface area contributed by atoms with Gasteiger partial charge in [-0.3, -0.25) is 9.59 Å². The molecule has 4 nitrogen and oxygen atoms in total. The molecule has 0 saturated heterocycles. The lowest BCUT2D eigenvalue weighted by atomic mass is 9.48. The third-order valence-electron chi connectivity index (χ3n) is 5.52. The molecule has 22 heavy (non-hydrogen) atoms. The predicted octanol–water partition coefficient (Wildman–Crippen LogP) is 3.31. The number of carbonyl (C=O) groups excluding carboxylic acids is 2. The number of hydrogen-bond donors (Lipinski definition) is 0. The summed E-state index contributed by atoms with van der Waals surface area (Å²) in [4.78, 5) is 24.7. The Morgan fingerprint density at radius 2 is 1.59 bits per heavy atom. The number of ether oxygens (including phenoxy) is 2. The Bertz CT molecular complexity index is 424. The van der Waals surface area contributed by atoms with Crippen LogP contribution in [-0.4, -0.2) is 30.0 Å². The Morgan fingerprint density at radius 1 is 1.09 bits per heavy atom. The van der Waals surface area contributed by atoms with Crippen LogP contribution in [0.1, 0.15) is 52.4 Å². The van der Waals surface area contributed by atoms with Crippen molar-refractivity contribution in [2.75, 3.05) is 5.88 Å². The van der Waals surface area contributed by atoms with Gasteiger partial charge in [0.2, 0.25) is 5.78 Å². The van der Waals surface area contributed by atoms with E-state index < -0.39 is 12.3 Å². The molecule has 0 aromatic carbocycles. The second-order valence-corrected chi connectivity index (χ2v) is 7.97. The quantitative estimate of drug-likeness (QED) is 0.426. The second-order valence-electron chi connectivity index (χ2n) is 7.70. The maximum atomic E-state index is 13.1. The zero-order valence-corrected chi connectivity index (χ0v) is 14.1. The lowest BCUT2D eigenvalue weighted by Crippen LogP contribution is -2.54. The zero-order valence-electron chi connectivity index (χ0n) is 13.3. The zero-order chi connectivity index (χ0) is 15.9. The van der Waals surface area contributed by atoms with Crippen molar-refractivity contribution in [1.29, 1.82) is 0 Å². The monoisotopic (exact) mass is 328 g/mol. The van der Waals surface area contributed by atoms with Gasteiger partial charge in [-0.05, 0) is 70.1 Å². The first-order valence-corrected chi connectivity index (χ1v) is 8.90. The van der Waals surface area contributed by atoms with E-state index >= 15 is 0 Å². The van der Waals surface area contributed by atoms with Crippen LogP contribution in [-0.2, 0) is 19.1 Å². The van der Waals surface area contributed by atoms with E-state index in [0.29, 0.717) is 17.8 Å². The van der Waals surface area contributed by atoms with Gasteiger partial charge >= 0.3 is 5.97 Å². The molecule has 0 radical (unpaired) electrons. The van der Waals surface area contributed by atoms with Crippen molar-refractivity contribution in [1.82, 2.24) is 0 Å². The lowest BCUT2D eigenvalue weighted by Gasteiger charge is -2.56. The normalized spacial score (nSPS) is 37.4. The molecule has 1 unspecified atom stereocenters. The average Bonchev–Trinajstić information content (AvgIpc) is 2.43. The first-order valence-electron chi connectivity index (χ1n) is 8.37. The van der Waals surface area contributed by atoms with Gasteiger partial charge in [-0.1, -0.05) is 0 Å². The summed E-state index contributed by atoms with van der Waals surface area (Å²) in [7, 11) is 0. The highest BCUT2D eigenvalue weighted by molar-refractivity contribution is 6.26. The lowest BCUT2D eigenvalue weighted by molar-refractivity contribution is -0.202. The van der Waals surface area contributed by atoms with Crippen molar-refractivity contribution >= 4 is 23.4 Å².